The quantitative estimate of drug-likeness (QED) is 0.411. The minimum atomic E-state index is -1.46. The summed E-state index contributed by atoms with van der Waals surface area (Å²) in [6.07, 6.45) is -1.84. The van der Waals surface area contributed by atoms with Crippen molar-refractivity contribution in [2.75, 3.05) is 0 Å². The smallest absolute Gasteiger partial charge is 0.543 e. The van der Waals surface area contributed by atoms with Gasteiger partial charge in [-0.1, -0.05) is 27.7 Å². The van der Waals surface area contributed by atoms with Gasteiger partial charge in [-0.15, -0.1) is 0 Å². The van der Waals surface area contributed by atoms with Gasteiger partial charge in [-0.2, -0.15) is 0 Å². The van der Waals surface area contributed by atoms with E-state index in [0.29, 0.717) is 5.57 Å². The molecule has 6 nitrogen and oxygen atoms in total. The number of amides is 1. The number of rotatable bonds is 3. The Morgan fingerprint density at radius 3 is 2.18 bits per heavy atom. The first-order valence-electron chi connectivity index (χ1n) is 7.14. The fourth-order valence-corrected chi connectivity index (χ4v) is 3.42. The van der Waals surface area contributed by atoms with Gasteiger partial charge in [0.05, 0.1) is 35.8 Å². The van der Waals surface area contributed by atoms with Gasteiger partial charge in [-0.3, -0.25) is 4.79 Å². The molecule has 118 valence electrons. The van der Waals surface area contributed by atoms with Crippen LogP contribution in [0.2, 0.25) is 0 Å². The number of aliphatic hydroxyl groups excluding tert-OH is 2. The van der Waals surface area contributed by atoms with Crippen LogP contribution in [-0.2, 0) is 9.59 Å². The normalized spacial score (nSPS) is 30.4. The molecule has 0 radical (unpaired) electrons. The number of fused-ring (bicyclic) bond motifs is 1. The zero-order valence-electron chi connectivity index (χ0n) is 14.0. The van der Waals surface area contributed by atoms with E-state index < -0.39 is 41.5 Å². The Morgan fingerprint density at radius 1 is 1.32 bits per heavy atom. The van der Waals surface area contributed by atoms with Crippen LogP contribution in [-0.4, -0.2) is 45.2 Å². The molecule has 22 heavy (non-hydrogen) atoms. The van der Waals surface area contributed by atoms with Gasteiger partial charge in [0.15, 0.2) is 0 Å². The number of aliphatic hydroxyl groups is 2. The Hall–Kier alpha value is -0.400. The van der Waals surface area contributed by atoms with Crippen LogP contribution in [0.25, 0.3) is 0 Å². The van der Waals surface area contributed by atoms with Crippen LogP contribution in [0.3, 0.4) is 0 Å². The van der Waals surface area contributed by atoms with Crippen LogP contribution < -0.4 is 34.7 Å². The van der Waals surface area contributed by atoms with Crippen LogP contribution in [0.5, 0.6) is 0 Å². The van der Waals surface area contributed by atoms with Gasteiger partial charge in [0, 0.05) is 5.92 Å². The van der Waals surface area contributed by atoms with Crippen molar-refractivity contribution in [2.45, 2.75) is 52.9 Å². The number of carboxylic acids is 1. The molecule has 2 N–H and O–H groups in total. The third-order valence-electron chi connectivity index (χ3n) is 4.53. The van der Waals surface area contributed by atoms with Crippen molar-refractivity contribution in [3.8, 4) is 0 Å². The number of carbonyl (C=O) groups is 2. The molecule has 2 heterocycles. The van der Waals surface area contributed by atoms with Gasteiger partial charge in [0.2, 0.25) is 5.91 Å². The van der Waals surface area contributed by atoms with Crippen molar-refractivity contribution < 1.29 is 54.5 Å². The maximum Gasteiger partial charge on any atom is 1.00 e. The Labute approximate surface area is 152 Å². The molecule has 0 aromatic carbocycles. The first kappa shape index (κ1) is 19.6. The molecule has 1 saturated heterocycles. The predicted molar refractivity (Wildman–Crippen MR) is 72.5 cm³/mol. The Bertz CT molecular complexity index is 523. The summed E-state index contributed by atoms with van der Waals surface area (Å²) >= 11 is 0. The van der Waals surface area contributed by atoms with Crippen LogP contribution in [0, 0.1) is 17.3 Å². The van der Waals surface area contributed by atoms with Crippen molar-refractivity contribution >= 4 is 11.9 Å². The first-order valence-corrected chi connectivity index (χ1v) is 7.14. The maximum absolute atomic E-state index is 12.1. The first-order chi connectivity index (χ1) is 9.50. The van der Waals surface area contributed by atoms with Gasteiger partial charge in [0.25, 0.3) is 0 Å². The number of aliphatic carboxylic acids is 1. The van der Waals surface area contributed by atoms with Gasteiger partial charge in [-0.05, 0) is 17.9 Å². The standard InChI is InChI=1S/C15H23NO5.Na/c1-6-8(12(18)15(3,4)5)11(14(20)21)16-10(6)9(7(2)17)13(16)19;/h6-7,9-10,12,17-18H,1-5H3,(H,20,21);/q;+1/p-1/t6-,7+,9+,10?,12-;/m0./s1. The Balaban J connectivity index is 0.00000242. The van der Waals surface area contributed by atoms with Gasteiger partial charge < -0.3 is 25.0 Å². The molecular weight excluding hydrogens is 297 g/mol. The Morgan fingerprint density at radius 2 is 1.82 bits per heavy atom. The van der Waals surface area contributed by atoms with Crippen molar-refractivity contribution in [3.05, 3.63) is 11.3 Å². The molecule has 0 aromatic heterocycles. The average molecular weight is 319 g/mol. The second-order valence-electron chi connectivity index (χ2n) is 7.11. The fraction of sp³-hybridized carbons (Fsp3) is 0.733. The molecule has 0 saturated carbocycles. The fourth-order valence-electron chi connectivity index (χ4n) is 3.42. The van der Waals surface area contributed by atoms with Gasteiger partial charge in [0.1, 0.15) is 0 Å². The summed E-state index contributed by atoms with van der Waals surface area (Å²) in [4.78, 5) is 24.8. The largest absolute Gasteiger partial charge is 1.00 e. The molecule has 0 aromatic rings. The summed E-state index contributed by atoms with van der Waals surface area (Å²) in [5.74, 6) is -2.83. The third-order valence-corrected chi connectivity index (χ3v) is 4.53. The molecule has 1 fully saturated rings. The number of hydrogen-bond donors (Lipinski definition) is 2. The molecule has 0 spiro atoms. The molecule has 1 amide bonds. The topological polar surface area (TPSA) is 101 Å². The van der Waals surface area contributed by atoms with Crippen molar-refractivity contribution in [3.63, 3.8) is 0 Å². The van der Waals surface area contributed by atoms with Gasteiger partial charge >= 0.3 is 29.6 Å². The van der Waals surface area contributed by atoms with Crippen molar-refractivity contribution in [2.24, 2.45) is 17.3 Å². The van der Waals surface area contributed by atoms with E-state index in [1.165, 1.54) is 11.8 Å². The van der Waals surface area contributed by atoms with E-state index in [0.717, 1.165) is 0 Å². The van der Waals surface area contributed by atoms with E-state index in [9.17, 15) is 24.9 Å². The van der Waals surface area contributed by atoms with Gasteiger partial charge in [-0.25, -0.2) is 0 Å². The minimum Gasteiger partial charge on any atom is -0.543 e. The number of carboxylic acid groups (broad SMARTS) is 1. The van der Waals surface area contributed by atoms with E-state index >= 15 is 0 Å². The third kappa shape index (κ3) is 2.76. The second-order valence-corrected chi connectivity index (χ2v) is 7.11. The second kappa shape index (κ2) is 6.24. The monoisotopic (exact) mass is 319 g/mol. The molecule has 2 aliphatic rings. The molecule has 0 aliphatic carbocycles. The summed E-state index contributed by atoms with van der Waals surface area (Å²) in [5, 5.41) is 31.7. The summed E-state index contributed by atoms with van der Waals surface area (Å²) < 4.78 is 0. The van der Waals surface area contributed by atoms with E-state index in [1.54, 1.807) is 27.7 Å². The van der Waals surface area contributed by atoms with Crippen LogP contribution in [0.15, 0.2) is 11.3 Å². The summed E-state index contributed by atoms with van der Waals surface area (Å²) in [6.45, 7) is 8.69. The molecule has 2 rings (SSSR count). The van der Waals surface area contributed by atoms with Crippen molar-refractivity contribution in [1.29, 1.82) is 0 Å². The number of nitrogens with zero attached hydrogens (tertiary/aromatic N) is 1. The predicted octanol–water partition coefficient (Wildman–Crippen LogP) is -3.74. The zero-order valence-corrected chi connectivity index (χ0v) is 16.0. The average Bonchev–Trinajstić information content (AvgIpc) is 2.56. The SMILES string of the molecule is C[C@H]1C([C@H](O)C(C)(C)C)=C(C(=O)[O-])N2C(=O)[C@H]([C@@H](C)O)C12.[Na+]. The van der Waals surface area contributed by atoms with Crippen LogP contribution >= 0.6 is 0 Å². The van der Waals surface area contributed by atoms with Crippen LogP contribution in [0.1, 0.15) is 34.6 Å². The molecular formula is C15H22NNaO5. The summed E-state index contributed by atoms with van der Waals surface area (Å²) in [6, 6.07) is -0.419. The van der Waals surface area contributed by atoms with E-state index in [4.69, 9.17) is 0 Å². The number of hydrogen-bond acceptors (Lipinski definition) is 5. The van der Waals surface area contributed by atoms with E-state index in [2.05, 4.69) is 0 Å². The number of carbonyl (C=O) groups excluding carboxylic acids is 2. The Kier molecular flexibility index (Phi) is 5.58. The molecule has 2 aliphatic heterocycles. The summed E-state index contributed by atoms with van der Waals surface area (Å²) in [7, 11) is 0. The molecule has 1 unspecified atom stereocenters. The maximum atomic E-state index is 12.1. The van der Waals surface area contributed by atoms with E-state index in [-0.39, 0.29) is 41.2 Å². The molecule has 5 atom stereocenters. The summed E-state index contributed by atoms with van der Waals surface area (Å²) in [5.41, 5.74) is -0.459. The van der Waals surface area contributed by atoms with E-state index in [1.807, 2.05) is 0 Å². The molecule has 0 bridgehead atoms. The zero-order chi connectivity index (χ0) is 16.3. The van der Waals surface area contributed by atoms with Crippen molar-refractivity contribution in [1.82, 2.24) is 4.90 Å². The van der Waals surface area contributed by atoms with Crippen LogP contribution in [0.4, 0.5) is 0 Å². The minimum absolute atomic E-state index is 0. The molecule has 7 heteroatoms. The number of β-lactam (4-membered cyclic amide) rings is 1.